The van der Waals surface area contributed by atoms with Crippen LogP contribution in [0.1, 0.15) is 11.3 Å². The largest absolute Gasteiger partial charge is 0.455 e. The molecule has 0 saturated heterocycles. The highest BCUT2D eigenvalue weighted by Gasteiger charge is 2.31. The van der Waals surface area contributed by atoms with Crippen molar-refractivity contribution in [1.82, 2.24) is 4.98 Å². The lowest BCUT2D eigenvalue weighted by atomic mass is 10.2. The molecule has 0 saturated carbocycles. The Labute approximate surface area is 159 Å². The molecule has 0 aliphatic heterocycles. The maximum atomic E-state index is 12.7. The molecule has 0 fully saturated rings. The van der Waals surface area contributed by atoms with Crippen molar-refractivity contribution in [3.8, 4) is 11.5 Å². The fraction of sp³-hybridized carbons (Fsp3) is 0.0500. The first kappa shape index (κ1) is 18.8. The topological polar surface area (TPSA) is 34.2 Å². The van der Waals surface area contributed by atoms with Gasteiger partial charge in [0.1, 0.15) is 5.75 Å². The van der Waals surface area contributed by atoms with Gasteiger partial charge in [-0.25, -0.2) is 0 Å². The van der Waals surface area contributed by atoms with Crippen LogP contribution in [0.25, 0.3) is 6.08 Å². The molecular weight excluding hydrogens is 377 g/mol. The summed E-state index contributed by atoms with van der Waals surface area (Å²) in [6.45, 7) is 0. The summed E-state index contributed by atoms with van der Waals surface area (Å²) in [6, 6.07) is 17.4. The average Bonchev–Trinajstić information content (AvgIpc) is 2.64. The van der Waals surface area contributed by atoms with Crippen LogP contribution in [0.5, 0.6) is 11.5 Å². The Bertz CT molecular complexity index is 943. The highest BCUT2D eigenvalue weighted by Crippen LogP contribution is 2.32. The van der Waals surface area contributed by atoms with E-state index in [2.05, 4.69) is 10.3 Å². The first-order valence-electron chi connectivity index (χ1n) is 7.91. The number of pyridine rings is 1. The SMILES string of the molecule is FC(F)(F)c1cnc(/C=C/Nc2ccccc2Oc2ccccc2)c(Cl)c1. The minimum atomic E-state index is -4.48. The smallest absolute Gasteiger partial charge is 0.417 e. The van der Waals surface area contributed by atoms with E-state index < -0.39 is 11.7 Å². The molecular formula is C20H14ClF3N2O. The van der Waals surface area contributed by atoms with Crippen molar-refractivity contribution in [3.63, 3.8) is 0 Å². The van der Waals surface area contributed by atoms with Crippen molar-refractivity contribution in [2.45, 2.75) is 6.18 Å². The molecule has 1 aromatic heterocycles. The molecule has 3 nitrogen and oxygen atoms in total. The molecule has 0 unspecified atom stereocenters. The molecule has 138 valence electrons. The van der Waals surface area contributed by atoms with Gasteiger partial charge in [-0.15, -0.1) is 0 Å². The highest BCUT2D eigenvalue weighted by atomic mass is 35.5. The second-order valence-corrected chi connectivity index (χ2v) is 5.88. The van der Waals surface area contributed by atoms with Crippen molar-refractivity contribution in [2.24, 2.45) is 0 Å². The third kappa shape index (κ3) is 5.01. The molecule has 0 atom stereocenters. The van der Waals surface area contributed by atoms with Gasteiger partial charge >= 0.3 is 6.18 Å². The second-order valence-electron chi connectivity index (χ2n) is 5.48. The fourth-order valence-electron chi connectivity index (χ4n) is 2.23. The Morgan fingerprint density at radius 3 is 2.41 bits per heavy atom. The summed E-state index contributed by atoms with van der Waals surface area (Å²) in [4.78, 5) is 3.76. The molecule has 2 aromatic carbocycles. The lowest BCUT2D eigenvalue weighted by molar-refractivity contribution is -0.137. The molecule has 0 bridgehead atoms. The quantitative estimate of drug-likeness (QED) is 0.531. The third-order valence-corrected chi connectivity index (χ3v) is 3.84. The molecule has 7 heteroatoms. The van der Waals surface area contributed by atoms with E-state index in [9.17, 15) is 13.2 Å². The normalized spacial score (nSPS) is 11.6. The van der Waals surface area contributed by atoms with Gasteiger partial charge in [0.25, 0.3) is 0 Å². The van der Waals surface area contributed by atoms with Gasteiger partial charge in [-0.05, 0) is 36.4 Å². The van der Waals surface area contributed by atoms with Crippen LogP contribution in [-0.2, 0) is 6.18 Å². The molecule has 0 aliphatic carbocycles. The summed E-state index contributed by atoms with van der Waals surface area (Å²) in [5.74, 6) is 1.28. The molecule has 3 aromatic rings. The van der Waals surface area contributed by atoms with Gasteiger partial charge in [0.2, 0.25) is 0 Å². The van der Waals surface area contributed by atoms with Gasteiger partial charge in [0.05, 0.1) is 22.0 Å². The first-order chi connectivity index (χ1) is 12.9. The Morgan fingerprint density at radius 1 is 1.00 bits per heavy atom. The van der Waals surface area contributed by atoms with Crippen LogP contribution in [0.2, 0.25) is 5.02 Å². The average molecular weight is 391 g/mol. The van der Waals surface area contributed by atoms with Crippen LogP contribution in [0.4, 0.5) is 18.9 Å². The molecule has 0 amide bonds. The van der Waals surface area contributed by atoms with Gasteiger partial charge in [-0.2, -0.15) is 13.2 Å². The number of ether oxygens (including phenoxy) is 1. The molecule has 0 aliphatic rings. The van der Waals surface area contributed by atoms with E-state index in [4.69, 9.17) is 16.3 Å². The van der Waals surface area contributed by atoms with E-state index in [0.29, 0.717) is 17.2 Å². The van der Waals surface area contributed by atoms with Crippen molar-refractivity contribution in [3.05, 3.63) is 89.3 Å². The number of nitrogens with one attached hydrogen (secondary N) is 1. The Morgan fingerprint density at radius 2 is 1.70 bits per heavy atom. The Balaban J connectivity index is 1.74. The zero-order valence-electron chi connectivity index (χ0n) is 13.9. The monoisotopic (exact) mass is 390 g/mol. The predicted octanol–water partition coefficient (Wildman–Crippen LogP) is 6.63. The number of hydrogen-bond acceptors (Lipinski definition) is 3. The number of alkyl halides is 3. The molecule has 1 heterocycles. The Hall–Kier alpha value is -2.99. The second kappa shape index (κ2) is 8.14. The molecule has 0 radical (unpaired) electrons. The van der Waals surface area contributed by atoms with E-state index >= 15 is 0 Å². The van der Waals surface area contributed by atoms with Crippen LogP contribution in [0.15, 0.2) is 73.1 Å². The number of anilines is 1. The number of para-hydroxylation sites is 3. The standard InChI is InChI=1S/C20H14ClF3N2O/c21-16-12-14(20(22,23)24)13-26-17(16)10-11-25-18-8-4-5-9-19(18)27-15-6-2-1-3-7-15/h1-13,25H/b11-10+. The van der Waals surface area contributed by atoms with Crippen LogP contribution in [0.3, 0.4) is 0 Å². The molecule has 3 rings (SSSR count). The summed E-state index contributed by atoms with van der Waals surface area (Å²) >= 11 is 5.89. The van der Waals surface area contributed by atoms with E-state index in [1.807, 2.05) is 48.5 Å². The zero-order valence-corrected chi connectivity index (χ0v) is 14.6. The number of hydrogen-bond donors (Lipinski definition) is 1. The van der Waals surface area contributed by atoms with Crippen molar-refractivity contribution in [1.29, 1.82) is 0 Å². The van der Waals surface area contributed by atoms with Gasteiger partial charge in [0.15, 0.2) is 5.75 Å². The first-order valence-corrected chi connectivity index (χ1v) is 8.29. The van der Waals surface area contributed by atoms with Gasteiger partial charge in [-0.3, -0.25) is 4.98 Å². The number of rotatable bonds is 5. The summed E-state index contributed by atoms with van der Waals surface area (Å²) in [7, 11) is 0. The number of benzene rings is 2. The number of aromatic nitrogens is 1. The summed E-state index contributed by atoms with van der Waals surface area (Å²) in [6.07, 6.45) is -0.709. The van der Waals surface area contributed by atoms with Crippen LogP contribution >= 0.6 is 11.6 Å². The lowest BCUT2D eigenvalue weighted by Gasteiger charge is -2.11. The lowest BCUT2D eigenvalue weighted by Crippen LogP contribution is -2.05. The zero-order chi connectivity index (χ0) is 19.3. The van der Waals surface area contributed by atoms with Gasteiger partial charge in [0, 0.05) is 12.4 Å². The predicted molar refractivity (Wildman–Crippen MR) is 99.9 cm³/mol. The third-order valence-electron chi connectivity index (χ3n) is 3.54. The van der Waals surface area contributed by atoms with E-state index in [1.54, 1.807) is 6.07 Å². The van der Waals surface area contributed by atoms with Crippen molar-refractivity contribution < 1.29 is 17.9 Å². The minimum Gasteiger partial charge on any atom is -0.455 e. The number of nitrogens with zero attached hydrogens (tertiary/aromatic N) is 1. The van der Waals surface area contributed by atoms with Gasteiger partial charge in [-0.1, -0.05) is 41.9 Å². The van der Waals surface area contributed by atoms with E-state index in [-0.39, 0.29) is 10.7 Å². The summed E-state index contributed by atoms with van der Waals surface area (Å²) < 4.78 is 43.8. The molecule has 0 spiro atoms. The fourth-order valence-corrected chi connectivity index (χ4v) is 2.46. The van der Waals surface area contributed by atoms with Crippen molar-refractivity contribution >= 4 is 23.4 Å². The molecule has 27 heavy (non-hydrogen) atoms. The van der Waals surface area contributed by atoms with E-state index in [1.165, 1.54) is 12.3 Å². The Kier molecular flexibility index (Phi) is 5.66. The number of halogens is 4. The van der Waals surface area contributed by atoms with Crippen LogP contribution < -0.4 is 10.1 Å². The van der Waals surface area contributed by atoms with E-state index in [0.717, 1.165) is 12.3 Å². The van der Waals surface area contributed by atoms with Crippen LogP contribution in [-0.4, -0.2) is 4.98 Å². The molecule has 1 N–H and O–H groups in total. The van der Waals surface area contributed by atoms with Gasteiger partial charge < -0.3 is 10.1 Å². The minimum absolute atomic E-state index is 0.0864. The summed E-state index contributed by atoms with van der Waals surface area (Å²) in [5.41, 5.74) is 0.0125. The van der Waals surface area contributed by atoms with Crippen LogP contribution in [0, 0.1) is 0 Å². The maximum Gasteiger partial charge on any atom is 0.417 e. The van der Waals surface area contributed by atoms with Crippen molar-refractivity contribution in [2.75, 3.05) is 5.32 Å². The highest BCUT2D eigenvalue weighted by molar-refractivity contribution is 6.31. The maximum absolute atomic E-state index is 12.7. The summed E-state index contributed by atoms with van der Waals surface area (Å²) in [5, 5.41) is 2.94.